The molecule has 0 aliphatic carbocycles. The zero-order valence-electron chi connectivity index (χ0n) is 10.9. The van der Waals surface area contributed by atoms with Gasteiger partial charge in [0.05, 0.1) is 6.42 Å². The maximum Gasteiger partial charge on any atom is 0.228 e. The van der Waals surface area contributed by atoms with E-state index in [9.17, 15) is 4.79 Å². The molecule has 0 aliphatic rings. The summed E-state index contributed by atoms with van der Waals surface area (Å²) in [5, 5.41) is 6.03. The van der Waals surface area contributed by atoms with E-state index in [4.69, 9.17) is 0 Å². The average molecular weight is 255 g/mol. The summed E-state index contributed by atoms with van der Waals surface area (Å²) in [6, 6.07) is 11.5. The average Bonchev–Trinajstić information content (AvgIpc) is 2.42. The van der Waals surface area contributed by atoms with E-state index in [1.807, 2.05) is 43.4 Å². The quantitative estimate of drug-likeness (QED) is 0.859. The lowest BCUT2D eigenvalue weighted by Crippen LogP contribution is -2.17. The van der Waals surface area contributed by atoms with Gasteiger partial charge in [-0.1, -0.05) is 18.2 Å². The molecule has 0 atom stereocenters. The van der Waals surface area contributed by atoms with E-state index in [0.717, 1.165) is 23.4 Å². The van der Waals surface area contributed by atoms with Crippen molar-refractivity contribution in [2.24, 2.45) is 0 Å². The van der Waals surface area contributed by atoms with Gasteiger partial charge < -0.3 is 10.6 Å². The summed E-state index contributed by atoms with van der Waals surface area (Å²) >= 11 is 0. The first kappa shape index (κ1) is 13.2. The van der Waals surface area contributed by atoms with Crippen molar-refractivity contribution in [2.75, 3.05) is 12.4 Å². The molecule has 0 fully saturated rings. The van der Waals surface area contributed by atoms with E-state index in [-0.39, 0.29) is 5.91 Å². The molecule has 1 amide bonds. The van der Waals surface area contributed by atoms with Gasteiger partial charge in [-0.2, -0.15) is 0 Å². The molecule has 2 aromatic rings. The molecule has 4 heteroatoms. The summed E-state index contributed by atoms with van der Waals surface area (Å²) in [5.41, 5.74) is 2.89. The lowest BCUT2D eigenvalue weighted by Gasteiger charge is -2.10. The molecule has 0 aliphatic heterocycles. The highest BCUT2D eigenvalue weighted by Gasteiger charge is 2.06. The van der Waals surface area contributed by atoms with Crippen LogP contribution in [0.4, 0.5) is 5.69 Å². The zero-order chi connectivity index (χ0) is 13.5. The number of pyridine rings is 1. The first-order valence-electron chi connectivity index (χ1n) is 6.21. The molecular formula is C15H17N3O. The Kier molecular flexibility index (Phi) is 4.64. The van der Waals surface area contributed by atoms with E-state index >= 15 is 0 Å². The Morgan fingerprint density at radius 3 is 2.63 bits per heavy atom. The van der Waals surface area contributed by atoms with Crippen LogP contribution in [0.1, 0.15) is 11.1 Å². The third kappa shape index (κ3) is 3.89. The van der Waals surface area contributed by atoms with Crippen LogP contribution < -0.4 is 10.6 Å². The van der Waals surface area contributed by atoms with Gasteiger partial charge >= 0.3 is 0 Å². The maximum atomic E-state index is 12.0. The van der Waals surface area contributed by atoms with Gasteiger partial charge in [-0.25, -0.2) is 0 Å². The summed E-state index contributed by atoms with van der Waals surface area (Å²) in [6.07, 6.45) is 3.74. The summed E-state index contributed by atoms with van der Waals surface area (Å²) in [4.78, 5) is 15.9. The number of carbonyl (C=O) groups excluding carboxylic acids is 1. The highest BCUT2D eigenvalue weighted by atomic mass is 16.1. The van der Waals surface area contributed by atoms with Crippen LogP contribution in [-0.2, 0) is 17.8 Å². The molecule has 1 aromatic heterocycles. The number of para-hydroxylation sites is 1. The Morgan fingerprint density at radius 1 is 1.16 bits per heavy atom. The van der Waals surface area contributed by atoms with Crippen LogP contribution in [0.2, 0.25) is 0 Å². The van der Waals surface area contributed by atoms with Crippen LogP contribution in [0.3, 0.4) is 0 Å². The molecule has 4 nitrogen and oxygen atoms in total. The highest BCUT2D eigenvalue weighted by Crippen LogP contribution is 2.15. The van der Waals surface area contributed by atoms with Crippen molar-refractivity contribution in [2.45, 2.75) is 13.0 Å². The van der Waals surface area contributed by atoms with Gasteiger partial charge in [0.2, 0.25) is 5.91 Å². The molecule has 0 saturated heterocycles. The van der Waals surface area contributed by atoms with Crippen molar-refractivity contribution in [3.63, 3.8) is 0 Å². The lowest BCUT2D eigenvalue weighted by atomic mass is 10.1. The lowest BCUT2D eigenvalue weighted by molar-refractivity contribution is -0.115. The Hall–Kier alpha value is -2.20. The van der Waals surface area contributed by atoms with Crippen LogP contribution in [-0.4, -0.2) is 17.9 Å². The van der Waals surface area contributed by atoms with E-state index in [0.29, 0.717) is 6.42 Å². The summed E-state index contributed by atoms with van der Waals surface area (Å²) in [6.45, 7) is 0.728. The second kappa shape index (κ2) is 6.66. The molecule has 1 aromatic carbocycles. The van der Waals surface area contributed by atoms with Crippen LogP contribution in [0, 0.1) is 0 Å². The van der Waals surface area contributed by atoms with Crippen LogP contribution in [0.15, 0.2) is 48.8 Å². The summed E-state index contributed by atoms with van der Waals surface area (Å²) in [5.74, 6) is -0.0187. The van der Waals surface area contributed by atoms with Crippen molar-refractivity contribution in [3.05, 3.63) is 59.9 Å². The molecule has 0 saturated carbocycles. The van der Waals surface area contributed by atoms with E-state index < -0.39 is 0 Å². The van der Waals surface area contributed by atoms with Crippen LogP contribution in [0.25, 0.3) is 0 Å². The monoisotopic (exact) mass is 255 g/mol. The smallest absolute Gasteiger partial charge is 0.228 e. The van der Waals surface area contributed by atoms with E-state index in [1.165, 1.54) is 0 Å². The molecule has 0 unspecified atom stereocenters. The number of hydrogen-bond acceptors (Lipinski definition) is 3. The largest absolute Gasteiger partial charge is 0.325 e. The fourth-order valence-corrected chi connectivity index (χ4v) is 1.87. The number of benzene rings is 1. The van der Waals surface area contributed by atoms with Crippen molar-refractivity contribution in [3.8, 4) is 0 Å². The number of carbonyl (C=O) groups is 1. The van der Waals surface area contributed by atoms with Crippen LogP contribution in [0.5, 0.6) is 0 Å². The minimum atomic E-state index is -0.0187. The summed E-state index contributed by atoms with van der Waals surface area (Å²) < 4.78 is 0. The topological polar surface area (TPSA) is 54.0 Å². The van der Waals surface area contributed by atoms with Gasteiger partial charge in [-0.3, -0.25) is 9.78 Å². The van der Waals surface area contributed by atoms with Gasteiger partial charge in [-0.15, -0.1) is 0 Å². The Morgan fingerprint density at radius 2 is 1.89 bits per heavy atom. The highest BCUT2D eigenvalue weighted by molar-refractivity contribution is 5.92. The van der Waals surface area contributed by atoms with Crippen molar-refractivity contribution < 1.29 is 4.79 Å². The standard InChI is InChI=1S/C15H17N3O/c1-16-11-13-4-2-3-5-14(13)18-15(19)10-12-6-8-17-9-7-12/h2-9,16H,10-11H2,1H3,(H,18,19). The zero-order valence-corrected chi connectivity index (χ0v) is 10.9. The van der Waals surface area contributed by atoms with Gasteiger partial charge in [0.25, 0.3) is 0 Å². The predicted octanol–water partition coefficient (Wildman–Crippen LogP) is 1.98. The maximum absolute atomic E-state index is 12.0. The third-order valence-corrected chi connectivity index (χ3v) is 2.77. The fraction of sp³-hybridized carbons (Fsp3) is 0.200. The van der Waals surface area contributed by atoms with E-state index in [2.05, 4.69) is 15.6 Å². The second-order valence-corrected chi connectivity index (χ2v) is 4.27. The number of anilines is 1. The number of amides is 1. The molecule has 19 heavy (non-hydrogen) atoms. The number of hydrogen-bond donors (Lipinski definition) is 2. The number of rotatable bonds is 5. The molecule has 0 spiro atoms. The Labute approximate surface area is 112 Å². The van der Waals surface area contributed by atoms with Gasteiger partial charge in [0.15, 0.2) is 0 Å². The first-order valence-corrected chi connectivity index (χ1v) is 6.21. The molecule has 2 N–H and O–H groups in total. The Bertz CT molecular complexity index is 540. The van der Waals surface area contributed by atoms with Gasteiger partial charge in [-0.05, 0) is 36.4 Å². The predicted molar refractivity (Wildman–Crippen MR) is 75.8 cm³/mol. The van der Waals surface area contributed by atoms with E-state index in [1.54, 1.807) is 12.4 Å². The fourth-order valence-electron chi connectivity index (χ4n) is 1.87. The number of nitrogens with one attached hydrogen (secondary N) is 2. The third-order valence-electron chi connectivity index (χ3n) is 2.77. The Balaban J connectivity index is 2.03. The minimum absolute atomic E-state index is 0.0187. The van der Waals surface area contributed by atoms with Crippen LogP contribution >= 0.6 is 0 Å². The molecule has 0 bridgehead atoms. The molecule has 0 radical (unpaired) electrons. The number of aromatic nitrogens is 1. The minimum Gasteiger partial charge on any atom is -0.325 e. The SMILES string of the molecule is CNCc1ccccc1NC(=O)Cc1ccncc1. The second-order valence-electron chi connectivity index (χ2n) is 4.27. The first-order chi connectivity index (χ1) is 9.29. The normalized spacial score (nSPS) is 10.2. The van der Waals surface area contributed by atoms with Crippen molar-refractivity contribution in [1.29, 1.82) is 0 Å². The van der Waals surface area contributed by atoms with Gasteiger partial charge in [0, 0.05) is 24.6 Å². The van der Waals surface area contributed by atoms with Crippen molar-refractivity contribution >= 4 is 11.6 Å². The number of nitrogens with zero attached hydrogens (tertiary/aromatic N) is 1. The molecular weight excluding hydrogens is 238 g/mol. The van der Waals surface area contributed by atoms with Crippen molar-refractivity contribution in [1.82, 2.24) is 10.3 Å². The molecule has 2 rings (SSSR count). The van der Waals surface area contributed by atoms with Gasteiger partial charge in [0.1, 0.15) is 0 Å². The summed E-state index contributed by atoms with van der Waals surface area (Å²) in [7, 11) is 1.88. The molecule has 98 valence electrons. The molecule has 1 heterocycles.